The van der Waals surface area contributed by atoms with Gasteiger partial charge >= 0.3 is 0 Å². The maximum absolute atomic E-state index is 6.25. The molecule has 3 N–H and O–H groups in total. The Kier molecular flexibility index (Phi) is 4.83. The Morgan fingerprint density at radius 2 is 1.95 bits per heavy atom. The van der Waals surface area contributed by atoms with Crippen LogP contribution >= 0.6 is 23.2 Å². The molecule has 1 atom stereocenters. The van der Waals surface area contributed by atoms with Crippen LogP contribution in [0.3, 0.4) is 0 Å². The number of nitrogens with two attached hydrogens (primary N) is 1. The predicted molar refractivity (Wildman–Crippen MR) is 81.4 cm³/mol. The summed E-state index contributed by atoms with van der Waals surface area (Å²) >= 11 is 12.2. The fraction of sp³-hybridized carbons (Fsp3) is 0.200. The zero-order valence-electron chi connectivity index (χ0n) is 10.7. The highest BCUT2D eigenvalue weighted by Crippen LogP contribution is 2.30. The third kappa shape index (κ3) is 3.28. The molecule has 0 fully saturated rings. The molecule has 1 unspecified atom stereocenters. The van der Waals surface area contributed by atoms with Crippen molar-refractivity contribution in [3.05, 3.63) is 69.2 Å². The van der Waals surface area contributed by atoms with Crippen LogP contribution in [0.2, 0.25) is 10.0 Å². The summed E-state index contributed by atoms with van der Waals surface area (Å²) in [5.74, 6) is 5.69. The van der Waals surface area contributed by atoms with Crippen molar-refractivity contribution >= 4 is 23.2 Å². The summed E-state index contributed by atoms with van der Waals surface area (Å²) < 4.78 is 0. The maximum Gasteiger partial charge on any atom is 0.0724 e. The average molecular weight is 295 g/mol. The Morgan fingerprint density at radius 3 is 2.58 bits per heavy atom. The molecule has 0 heterocycles. The number of hydrogen-bond acceptors (Lipinski definition) is 2. The van der Waals surface area contributed by atoms with Crippen molar-refractivity contribution < 1.29 is 0 Å². The van der Waals surface area contributed by atoms with Crippen LogP contribution in [0.4, 0.5) is 0 Å². The Bertz CT molecular complexity index is 570. The van der Waals surface area contributed by atoms with Gasteiger partial charge in [0.1, 0.15) is 0 Å². The minimum atomic E-state index is -0.142. The zero-order valence-corrected chi connectivity index (χ0v) is 12.2. The lowest BCUT2D eigenvalue weighted by Gasteiger charge is -2.19. The molecule has 100 valence electrons. The molecule has 0 saturated carbocycles. The highest BCUT2D eigenvalue weighted by atomic mass is 35.5. The van der Waals surface area contributed by atoms with Gasteiger partial charge < -0.3 is 0 Å². The van der Waals surface area contributed by atoms with E-state index >= 15 is 0 Å². The summed E-state index contributed by atoms with van der Waals surface area (Å²) in [5.41, 5.74) is 6.09. The van der Waals surface area contributed by atoms with Gasteiger partial charge in [0.05, 0.1) is 6.04 Å². The summed E-state index contributed by atoms with van der Waals surface area (Å²) in [6.07, 6.45) is 0.986. The lowest BCUT2D eigenvalue weighted by atomic mass is 9.97. The van der Waals surface area contributed by atoms with Crippen LogP contribution in [-0.4, -0.2) is 0 Å². The van der Waals surface area contributed by atoms with Crippen molar-refractivity contribution in [2.24, 2.45) is 5.84 Å². The molecule has 0 radical (unpaired) electrons. The molecule has 2 aromatic rings. The molecule has 0 aliphatic heterocycles. The van der Waals surface area contributed by atoms with E-state index in [1.165, 1.54) is 5.56 Å². The smallest absolute Gasteiger partial charge is 0.0724 e. The normalized spacial score (nSPS) is 12.4. The van der Waals surface area contributed by atoms with E-state index in [-0.39, 0.29) is 6.04 Å². The van der Waals surface area contributed by atoms with E-state index in [4.69, 9.17) is 29.0 Å². The Hall–Kier alpha value is -1.06. The number of rotatable bonds is 4. The van der Waals surface area contributed by atoms with Crippen molar-refractivity contribution in [1.29, 1.82) is 0 Å². The van der Waals surface area contributed by atoms with Gasteiger partial charge in [0, 0.05) is 10.0 Å². The minimum Gasteiger partial charge on any atom is -0.271 e. The van der Waals surface area contributed by atoms with Gasteiger partial charge in [0.2, 0.25) is 0 Å². The summed E-state index contributed by atoms with van der Waals surface area (Å²) in [7, 11) is 0. The third-order valence-corrected chi connectivity index (χ3v) is 3.70. The molecule has 2 nitrogen and oxygen atoms in total. The predicted octanol–water partition coefficient (Wildman–Crippen LogP) is 4.11. The molecule has 2 rings (SSSR count). The van der Waals surface area contributed by atoms with E-state index < -0.39 is 0 Å². The Morgan fingerprint density at radius 1 is 1.16 bits per heavy atom. The van der Waals surface area contributed by atoms with E-state index in [1.807, 2.05) is 24.3 Å². The number of hydrogen-bond donors (Lipinski definition) is 2. The average Bonchev–Trinajstić information content (AvgIpc) is 2.42. The van der Waals surface area contributed by atoms with Gasteiger partial charge in [0.25, 0.3) is 0 Å². The van der Waals surface area contributed by atoms with Gasteiger partial charge in [-0.15, -0.1) is 0 Å². The van der Waals surface area contributed by atoms with Gasteiger partial charge in [-0.2, -0.15) is 0 Å². The molecule has 0 amide bonds. The lowest BCUT2D eigenvalue weighted by Crippen LogP contribution is -2.29. The van der Waals surface area contributed by atoms with Gasteiger partial charge in [0.15, 0.2) is 0 Å². The number of benzene rings is 2. The quantitative estimate of drug-likeness (QED) is 0.658. The zero-order chi connectivity index (χ0) is 13.8. The van der Waals surface area contributed by atoms with Gasteiger partial charge in [-0.3, -0.25) is 5.84 Å². The first-order valence-corrected chi connectivity index (χ1v) is 6.91. The highest BCUT2D eigenvalue weighted by Gasteiger charge is 2.16. The van der Waals surface area contributed by atoms with Crippen LogP contribution in [0.1, 0.15) is 29.7 Å². The molecule has 0 spiro atoms. The molecule has 0 aromatic heterocycles. The van der Waals surface area contributed by atoms with Crippen molar-refractivity contribution in [2.75, 3.05) is 0 Å². The summed E-state index contributed by atoms with van der Waals surface area (Å²) in [6, 6.07) is 13.6. The third-order valence-electron chi connectivity index (χ3n) is 3.13. The van der Waals surface area contributed by atoms with Crippen LogP contribution < -0.4 is 11.3 Å². The van der Waals surface area contributed by atoms with Crippen molar-refractivity contribution in [1.82, 2.24) is 5.43 Å². The standard InChI is InChI=1S/C15H16Cl2N2/c1-2-10-4-3-5-11(8-10)15(19-18)13-7-6-12(16)9-14(13)17/h3-9,15,19H,2,18H2,1H3. The van der Waals surface area contributed by atoms with Crippen molar-refractivity contribution in [3.63, 3.8) is 0 Å². The van der Waals surface area contributed by atoms with Gasteiger partial charge in [-0.25, -0.2) is 5.43 Å². The molecule has 0 aliphatic rings. The SMILES string of the molecule is CCc1cccc(C(NN)c2ccc(Cl)cc2Cl)c1. The van der Waals surface area contributed by atoms with E-state index in [9.17, 15) is 0 Å². The fourth-order valence-electron chi connectivity index (χ4n) is 2.09. The Labute approximate surface area is 123 Å². The minimum absolute atomic E-state index is 0.142. The molecule has 4 heteroatoms. The first-order valence-electron chi connectivity index (χ1n) is 6.15. The van der Waals surface area contributed by atoms with Gasteiger partial charge in [-0.1, -0.05) is 60.5 Å². The van der Waals surface area contributed by atoms with Crippen LogP contribution in [0.25, 0.3) is 0 Å². The molecule has 0 aliphatic carbocycles. The van der Waals surface area contributed by atoms with E-state index in [1.54, 1.807) is 6.07 Å². The number of hydrazine groups is 1. The second-order valence-corrected chi connectivity index (χ2v) is 5.21. The fourth-order valence-corrected chi connectivity index (χ4v) is 2.61. The molecule has 2 aromatic carbocycles. The monoisotopic (exact) mass is 294 g/mol. The van der Waals surface area contributed by atoms with Gasteiger partial charge in [-0.05, 0) is 35.2 Å². The second-order valence-electron chi connectivity index (χ2n) is 4.36. The summed E-state index contributed by atoms with van der Waals surface area (Å²) in [5, 5.41) is 1.23. The van der Waals surface area contributed by atoms with Crippen molar-refractivity contribution in [2.45, 2.75) is 19.4 Å². The molecule has 0 bridgehead atoms. The Balaban J connectivity index is 2.43. The molecular formula is C15H16Cl2N2. The number of nitrogens with one attached hydrogen (secondary N) is 1. The van der Waals surface area contributed by atoms with E-state index in [2.05, 4.69) is 24.5 Å². The van der Waals surface area contributed by atoms with E-state index in [0.29, 0.717) is 10.0 Å². The molecular weight excluding hydrogens is 279 g/mol. The molecule has 19 heavy (non-hydrogen) atoms. The van der Waals surface area contributed by atoms with Crippen LogP contribution in [-0.2, 0) is 6.42 Å². The molecule has 0 saturated heterocycles. The van der Waals surface area contributed by atoms with Crippen LogP contribution in [0, 0.1) is 0 Å². The number of aryl methyl sites for hydroxylation is 1. The maximum atomic E-state index is 6.25. The lowest BCUT2D eigenvalue weighted by molar-refractivity contribution is 0.636. The van der Waals surface area contributed by atoms with Crippen LogP contribution in [0.5, 0.6) is 0 Å². The first kappa shape index (κ1) is 14.4. The topological polar surface area (TPSA) is 38.0 Å². The number of halogens is 2. The van der Waals surface area contributed by atoms with Crippen LogP contribution in [0.15, 0.2) is 42.5 Å². The highest BCUT2D eigenvalue weighted by molar-refractivity contribution is 6.35. The first-order chi connectivity index (χ1) is 9.15. The second kappa shape index (κ2) is 6.40. The largest absolute Gasteiger partial charge is 0.271 e. The van der Waals surface area contributed by atoms with E-state index in [0.717, 1.165) is 17.5 Å². The summed E-state index contributed by atoms with van der Waals surface area (Å²) in [4.78, 5) is 0. The summed E-state index contributed by atoms with van der Waals surface area (Å²) in [6.45, 7) is 2.12. The van der Waals surface area contributed by atoms with Crippen molar-refractivity contribution in [3.8, 4) is 0 Å².